The first kappa shape index (κ1) is 60.4. The summed E-state index contributed by atoms with van der Waals surface area (Å²) in [5, 5.41) is 0. The lowest BCUT2D eigenvalue weighted by Crippen LogP contribution is -2.30. The van der Waals surface area contributed by atoms with Crippen LogP contribution in [0.25, 0.3) is 0 Å². The van der Waals surface area contributed by atoms with Gasteiger partial charge in [0.2, 0.25) is 0 Å². The van der Waals surface area contributed by atoms with Crippen LogP contribution in [0.3, 0.4) is 0 Å². The fourth-order valence-electron chi connectivity index (χ4n) is 8.57. The monoisotopic (exact) mass is 877 g/mol. The highest BCUT2D eigenvalue weighted by atomic mass is 16.6. The number of carbonyl (C=O) groups is 3. The van der Waals surface area contributed by atoms with Crippen molar-refractivity contribution in [2.24, 2.45) is 5.92 Å². The summed E-state index contributed by atoms with van der Waals surface area (Å²) >= 11 is 0. The molecular weight excluding hydrogens is 769 g/mol. The van der Waals surface area contributed by atoms with Crippen molar-refractivity contribution in [3.05, 3.63) is 0 Å². The van der Waals surface area contributed by atoms with Crippen molar-refractivity contribution in [1.29, 1.82) is 0 Å². The van der Waals surface area contributed by atoms with Crippen molar-refractivity contribution in [1.82, 2.24) is 0 Å². The number of hydrogen-bond donors (Lipinski definition) is 0. The van der Waals surface area contributed by atoms with Crippen LogP contribution < -0.4 is 0 Å². The summed E-state index contributed by atoms with van der Waals surface area (Å²) in [6, 6.07) is 0. The maximum atomic E-state index is 12.8. The minimum absolute atomic E-state index is 0.0621. The Kier molecular flexibility index (Phi) is 49.1. The molecule has 0 rings (SSSR count). The van der Waals surface area contributed by atoms with Crippen LogP contribution in [0.4, 0.5) is 0 Å². The molecule has 0 unspecified atom stereocenters. The molecule has 0 fully saturated rings. The summed E-state index contributed by atoms with van der Waals surface area (Å²) in [4.78, 5) is 38.0. The SMILES string of the molecule is CCCCCCCCCCCCCCCCCCC(=O)OC[C@@H](COC(=O)CCCCCCCCCCCC)OC(=O)CCCCCCCCCCCCCCCCCC(C)C. The molecule has 0 aromatic heterocycles. The molecule has 0 saturated heterocycles. The summed E-state index contributed by atoms with van der Waals surface area (Å²) in [5.41, 5.74) is 0. The van der Waals surface area contributed by atoms with E-state index in [9.17, 15) is 14.4 Å². The van der Waals surface area contributed by atoms with Crippen molar-refractivity contribution in [2.75, 3.05) is 13.2 Å². The first-order chi connectivity index (χ1) is 30.4. The summed E-state index contributed by atoms with van der Waals surface area (Å²) in [6.45, 7) is 9.05. The smallest absolute Gasteiger partial charge is 0.306 e. The molecule has 0 aromatic carbocycles. The summed E-state index contributed by atoms with van der Waals surface area (Å²) < 4.78 is 16.8. The standard InChI is InChI=1S/C56H108O6/c1-5-7-9-11-13-15-17-18-19-22-25-28-32-36-40-44-48-55(58)61-51-53(50-60-54(57)47-43-39-35-31-16-14-12-10-8-6-2)62-56(59)49-45-41-37-33-29-26-23-20-21-24-27-30-34-38-42-46-52(3)4/h52-53H,5-51H2,1-4H3/t53-/m1/s1. The topological polar surface area (TPSA) is 78.9 Å². The third-order valence-corrected chi connectivity index (χ3v) is 12.8. The number of rotatable bonds is 51. The van der Waals surface area contributed by atoms with Crippen molar-refractivity contribution >= 4 is 17.9 Å². The van der Waals surface area contributed by atoms with Gasteiger partial charge in [-0.1, -0.05) is 278 Å². The Bertz CT molecular complexity index is 933. The second-order valence-electron chi connectivity index (χ2n) is 19.7. The average Bonchev–Trinajstić information content (AvgIpc) is 3.26. The Morgan fingerprint density at radius 3 is 0.790 bits per heavy atom. The van der Waals surface area contributed by atoms with Gasteiger partial charge in [-0.05, 0) is 25.2 Å². The molecule has 0 aliphatic carbocycles. The Morgan fingerprint density at radius 2 is 0.532 bits per heavy atom. The van der Waals surface area contributed by atoms with Crippen molar-refractivity contribution < 1.29 is 28.6 Å². The third-order valence-electron chi connectivity index (χ3n) is 12.8. The molecule has 0 saturated carbocycles. The van der Waals surface area contributed by atoms with E-state index in [1.165, 1.54) is 212 Å². The molecule has 6 heteroatoms. The Hall–Kier alpha value is -1.59. The van der Waals surface area contributed by atoms with E-state index < -0.39 is 6.10 Å². The Balaban J connectivity index is 4.25. The lowest BCUT2D eigenvalue weighted by molar-refractivity contribution is -0.167. The van der Waals surface area contributed by atoms with Gasteiger partial charge in [0.1, 0.15) is 13.2 Å². The molecular formula is C56H108O6. The third kappa shape index (κ3) is 49.4. The number of unbranched alkanes of at least 4 members (excludes halogenated alkanes) is 38. The van der Waals surface area contributed by atoms with E-state index in [1.54, 1.807) is 0 Å². The largest absolute Gasteiger partial charge is 0.462 e. The predicted octanol–water partition coefficient (Wildman–Crippen LogP) is 18.2. The van der Waals surface area contributed by atoms with Gasteiger partial charge in [0, 0.05) is 19.3 Å². The fourth-order valence-corrected chi connectivity index (χ4v) is 8.57. The fraction of sp³-hybridized carbons (Fsp3) is 0.946. The van der Waals surface area contributed by atoms with Gasteiger partial charge >= 0.3 is 17.9 Å². The van der Waals surface area contributed by atoms with E-state index >= 15 is 0 Å². The zero-order valence-corrected chi connectivity index (χ0v) is 42.3. The van der Waals surface area contributed by atoms with E-state index in [2.05, 4.69) is 27.7 Å². The lowest BCUT2D eigenvalue weighted by atomic mass is 10.0. The van der Waals surface area contributed by atoms with Crippen LogP contribution in [0.1, 0.15) is 317 Å². The predicted molar refractivity (Wildman–Crippen MR) is 266 cm³/mol. The summed E-state index contributed by atoms with van der Waals surface area (Å²) in [7, 11) is 0. The normalized spacial score (nSPS) is 12.0. The van der Waals surface area contributed by atoms with Gasteiger partial charge in [-0.15, -0.1) is 0 Å². The second kappa shape index (κ2) is 50.4. The summed E-state index contributed by atoms with van der Waals surface area (Å²) in [6.07, 6.45) is 53.8. The highest BCUT2D eigenvalue weighted by molar-refractivity contribution is 5.71. The second-order valence-corrected chi connectivity index (χ2v) is 19.7. The maximum absolute atomic E-state index is 12.8. The number of esters is 3. The lowest BCUT2D eigenvalue weighted by Gasteiger charge is -2.18. The van der Waals surface area contributed by atoms with Crippen molar-refractivity contribution in [2.45, 2.75) is 323 Å². The Morgan fingerprint density at radius 1 is 0.306 bits per heavy atom. The molecule has 6 nitrogen and oxygen atoms in total. The molecule has 62 heavy (non-hydrogen) atoms. The van der Waals surface area contributed by atoms with E-state index in [0.717, 1.165) is 63.7 Å². The zero-order valence-electron chi connectivity index (χ0n) is 42.3. The molecule has 0 N–H and O–H groups in total. The van der Waals surface area contributed by atoms with E-state index in [1.807, 2.05) is 0 Å². The van der Waals surface area contributed by atoms with Gasteiger partial charge in [-0.3, -0.25) is 14.4 Å². The Labute approximate surface area is 387 Å². The molecule has 0 aliphatic rings. The van der Waals surface area contributed by atoms with Gasteiger partial charge in [0.15, 0.2) is 6.10 Å². The molecule has 0 radical (unpaired) electrons. The van der Waals surface area contributed by atoms with Crippen molar-refractivity contribution in [3.8, 4) is 0 Å². The van der Waals surface area contributed by atoms with Crippen LogP contribution in [-0.4, -0.2) is 37.2 Å². The van der Waals surface area contributed by atoms with Crippen LogP contribution >= 0.6 is 0 Å². The van der Waals surface area contributed by atoms with Gasteiger partial charge in [0.25, 0.3) is 0 Å². The maximum Gasteiger partial charge on any atom is 0.306 e. The first-order valence-electron chi connectivity index (χ1n) is 27.9. The number of ether oxygens (including phenoxy) is 3. The van der Waals surface area contributed by atoms with Crippen LogP contribution in [0.15, 0.2) is 0 Å². The average molecular weight is 877 g/mol. The van der Waals surface area contributed by atoms with E-state index in [-0.39, 0.29) is 31.1 Å². The minimum Gasteiger partial charge on any atom is -0.462 e. The number of carbonyl (C=O) groups excluding carboxylic acids is 3. The van der Waals surface area contributed by atoms with Gasteiger partial charge in [0.05, 0.1) is 0 Å². The molecule has 0 aromatic rings. The van der Waals surface area contributed by atoms with Gasteiger partial charge < -0.3 is 14.2 Å². The first-order valence-corrected chi connectivity index (χ1v) is 27.9. The van der Waals surface area contributed by atoms with Gasteiger partial charge in [-0.2, -0.15) is 0 Å². The van der Waals surface area contributed by atoms with E-state index in [4.69, 9.17) is 14.2 Å². The molecule has 0 bridgehead atoms. The minimum atomic E-state index is -0.761. The molecule has 0 amide bonds. The molecule has 0 aliphatic heterocycles. The van der Waals surface area contributed by atoms with E-state index in [0.29, 0.717) is 19.3 Å². The van der Waals surface area contributed by atoms with Crippen molar-refractivity contribution in [3.63, 3.8) is 0 Å². The zero-order chi connectivity index (χ0) is 45.2. The van der Waals surface area contributed by atoms with Crippen LogP contribution in [0.2, 0.25) is 0 Å². The highest BCUT2D eigenvalue weighted by Crippen LogP contribution is 2.18. The van der Waals surface area contributed by atoms with Crippen LogP contribution in [-0.2, 0) is 28.6 Å². The highest BCUT2D eigenvalue weighted by Gasteiger charge is 2.19. The molecule has 0 heterocycles. The molecule has 368 valence electrons. The molecule has 1 atom stereocenters. The van der Waals surface area contributed by atoms with Gasteiger partial charge in [-0.25, -0.2) is 0 Å². The summed E-state index contributed by atoms with van der Waals surface area (Å²) in [5.74, 6) is 0.00832. The van der Waals surface area contributed by atoms with Crippen LogP contribution in [0, 0.1) is 5.92 Å². The number of hydrogen-bond acceptors (Lipinski definition) is 6. The molecule has 0 spiro atoms. The van der Waals surface area contributed by atoms with Crippen LogP contribution in [0.5, 0.6) is 0 Å². The quantitative estimate of drug-likeness (QED) is 0.0344.